The lowest BCUT2D eigenvalue weighted by atomic mass is 10.2. The van der Waals surface area contributed by atoms with Gasteiger partial charge in [-0.05, 0) is 51.5 Å². The Morgan fingerprint density at radius 3 is 2.55 bits per heavy atom. The van der Waals surface area contributed by atoms with Crippen LogP contribution < -0.4 is 4.90 Å². The summed E-state index contributed by atoms with van der Waals surface area (Å²) in [5, 5.41) is 0.745. The molecule has 0 radical (unpaired) electrons. The molecule has 0 spiro atoms. The number of anilines is 1. The van der Waals surface area contributed by atoms with E-state index in [2.05, 4.69) is 22.5 Å². The minimum absolute atomic E-state index is 0.0113. The second-order valence-electron chi connectivity index (χ2n) is 9.05. The Labute approximate surface area is 188 Å². The Hall–Kier alpha value is -2.73. The lowest BCUT2D eigenvalue weighted by Gasteiger charge is -2.40. The predicted molar refractivity (Wildman–Crippen MR) is 125 cm³/mol. The largest absolute Gasteiger partial charge is 0.444 e. The first-order valence-corrected chi connectivity index (χ1v) is 11.0. The van der Waals surface area contributed by atoms with E-state index < -0.39 is 5.60 Å². The fraction of sp³-hybridized carbons (Fsp3) is 0.417. The van der Waals surface area contributed by atoms with E-state index in [1.807, 2.05) is 68.1 Å². The van der Waals surface area contributed by atoms with E-state index in [-0.39, 0.29) is 12.1 Å². The lowest BCUT2D eigenvalue weighted by molar-refractivity contribution is 0.0158. The van der Waals surface area contributed by atoms with Gasteiger partial charge >= 0.3 is 6.09 Å². The number of amides is 1. The number of carbonyl (C=O) groups excluding carboxylic acids is 1. The van der Waals surface area contributed by atoms with Crippen molar-refractivity contribution in [3.63, 3.8) is 0 Å². The number of imidazole rings is 1. The number of ether oxygens (including phenoxy) is 1. The zero-order chi connectivity index (χ0) is 22.2. The first kappa shape index (κ1) is 21.5. The van der Waals surface area contributed by atoms with E-state index >= 15 is 0 Å². The van der Waals surface area contributed by atoms with E-state index in [1.54, 1.807) is 0 Å². The Bertz CT molecular complexity index is 1090. The Morgan fingerprint density at radius 2 is 1.84 bits per heavy atom. The number of fused-ring (bicyclic) bond motifs is 1. The number of piperazine rings is 1. The maximum absolute atomic E-state index is 12.6. The van der Waals surface area contributed by atoms with Crippen molar-refractivity contribution in [2.75, 3.05) is 24.5 Å². The van der Waals surface area contributed by atoms with Gasteiger partial charge in [0.15, 0.2) is 0 Å². The van der Waals surface area contributed by atoms with Gasteiger partial charge < -0.3 is 19.1 Å². The average Bonchev–Trinajstić information content (AvgIpc) is 3.07. The van der Waals surface area contributed by atoms with Crippen LogP contribution in [0.3, 0.4) is 0 Å². The number of rotatable bonds is 3. The molecule has 0 unspecified atom stereocenters. The summed E-state index contributed by atoms with van der Waals surface area (Å²) < 4.78 is 7.80. The van der Waals surface area contributed by atoms with Crippen molar-refractivity contribution < 1.29 is 9.53 Å². The van der Waals surface area contributed by atoms with Gasteiger partial charge in [-0.15, -0.1) is 0 Å². The topological polar surface area (TPSA) is 50.6 Å². The molecule has 0 saturated carbocycles. The van der Waals surface area contributed by atoms with Crippen LogP contribution in [0.4, 0.5) is 10.7 Å². The van der Waals surface area contributed by atoms with E-state index in [9.17, 15) is 4.79 Å². The molecule has 0 N–H and O–H groups in total. The molecular formula is C24H29ClN4O2. The molecule has 7 heteroatoms. The van der Waals surface area contributed by atoms with Crippen molar-refractivity contribution in [1.82, 2.24) is 14.5 Å². The van der Waals surface area contributed by atoms with Crippen LogP contribution in [0.1, 0.15) is 33.3 Å². The first-order valence-electron chi connectivity index (χ1n) is 10.7. The van der Waals surface area contributed by atoms with Crippen molar-refractivity contribution in [1.29, 1.82) is 0 Å². The first-order chi connectivity index (χ1) is 14.7. The Kier molecular flexibility index (Phi) is 5.84. The molecule has 1 aliphatic heterocycles. The number of nitrogens with zero attached hydrogens (tertiary/aromatic N) is 4. The third-order valence-corrected chi connectivity index (χ3v) is 5.83. The Morgan fingerprint density at radius 1 is 1.13 bits per heavy atom. The van der Waals surface area contributed by atoms with Gasteiger partial charge in [0, 0.05) is 30.7 Å². The summed E-state index contributed by atoms with van der Waals surface area (Å²) in [4.78, 5) is 21.6. The minimum Gasteiger partial charge on any atom is -0.444 e. The van der Waals surface area contributed by atoms with Crippen LogP contribution in [-0.4, -0.2) is 51.8 Å². The highest BCUT2D eigenvalue weighted by atomic mass is 35.5. The van der Waals surface area contributed by atoms with Crippen molar-refractivity contribution in [2.24, 2.45) is 0 Å². The van der Waals surface area contributed by atoms with Crippen molar-refractivity contribution >= 4 is 34.7 Å². The van der Waals surface area contributed by atoms with Gasteiger partial charge in [0.2, 0.25) is 5.95 Å². The molecule has 1 saturated heterocycles. The van der Waals surface area contributed by atoms with E-state index in [1.165, 1.54) is 0 Å². The van der Waals surface area contributed by atoms with Gasteiger partial charge in [0.25, 0.3) is 0 Å². The number of hydrogen-bond donors (Lipinski definition) is 0. The molecule has 2 heterocycles. The molecule has 0 bridgehead atoms. The monoisotopic (exact) mass is 440 g/mol. The molecule has 164 valence electrons. The molecule has 2 aromatic carbocycles. The van der Waals surface area contributed by atoms with Crippen LogP contribution in [-0.2, 0) is 11.3 Å². The average molecular weight is 441 g/mol. The molecule has 6 nitrogen and oxygen atoms in total. The summed E-state index contributed by atoms with van der Waals surface area (Å²) in [6.45, 7) is 10.3. The molecule has 1 fully saturated rings. The van der Waals surface area contributed by atoms with Crippen LogP contribution in [0.15, 0.2) is 48.5 Å². The van der Waals surface area contributed by atoms with Gasteiger partial charge in [-0.25, -0.2) is 9.78 Å². The summed E-state index contributed by atoms with van der Waals surface area (Å²) in [5.41, 5.74) is 2.57. The SMILES string of the molecule is C[C@@H]1CN(c2nc3ccccc3n2Cc2ccccc2Cl)CCN1C(=O)OC(C)(C)C. The third kappa shape index (κ3) is 4.64. The smallest absolute Gasteiger partial charge is 0.410 e. The van der Waals surface area contributed by atoms with Crippen molar-refractivity contribution in [2.45, 2.75) is 45.9 Å². The van der Waals surface area contributed by atoms with Crippen LogP contribution in [0.25, 0.3) is 11.0 Å². The summed E-state index contributed by atoms with van der Waals surface area (Å²) in [7, 11) is 0. The maximum atomic E-state index is 12.6. The van der Waals surface area contributed by atoms with Gasteiger partial charge in [-0.3, -0.25) is 0 Å². The highest BCUT2D eigenvalue weighted by Crippen LogP contribution is 2.28. The zero-order valence-electron chi connectivity index (χ0n) is 18.5. The molecule has 31 heavy (non-hydrogen) atoms. The minimum atomic E-state index is -0.503. The normalized spacial score (nSPS) is 17.3. The molecule has 0 aliphatic carbocycles. The molecule has 1 amide bonds. The lowest BCUT2D eigenvalue weighted by Crippen LogP contribution is -2.55. The van der Waals surface area contributed by atoms with E-state index in [4.69, 9.17) is 21.3 Å². The highest BCUT2D eigenvalue weighted by molar-refractivity contribution is 6.31. The number of aromatic nitrogens is 2. The van der Waals surface area contributed by atoms with Gasteiger partial charge in [0.1, 0.15) is 5.60 Å². The van der Waals surface area contributed by atoms with Crippen LogP contribution >= 0.6 is 11.6 Å². The van der Waals surface area contributed by atoms with Crippen molar-refractivity contribution in [3.05, 3.63) is 59.1 Å². The van der Waals surface area contributed by atoms with Gasteiger partial charge in [-0.2, -0.15) is 0 Å². The number of benzene rings is 2. The molecule has 1 atom stereocenters. The standard InChI is InChI=1S/C24H29ClN4O2/c1-17-15-27(13-14-28(17)23(30)31-24(2,3)4)22-26-20-11-7-8-12-21(20)29(22)16-18-9-5-6-10-19(18)25/h5-12,17H,13-16H2,1-4H3/t17-/m1/s1. The maximum Gasteiger partial charge on any atom is 0.410 e. The molecule has 3 aromatic rings. The number of para-hydroxylation sites is 2. The fourth-order valence-electron chi connectivity index (χ4n) is 3.99. The molecule has 1 aromatic heterocycles. The number of halogens is 1. The highest BCUT2D eigenvalue weighted by Gasteiger charge is 2.32. The van der Waals surface area contributed by atoms with Crippen LogP contribution in [0.2, 0.25) is 5.02 Å². The van der Waals surface area contributed by atoms with Gasteiger partial charge in [-0.1, -0.05) is 41.9 Å². The third-order valence-electron chi connectivity index (χ3n) is 5.46. The number of hydrogen-bond acceptors (Lipinski definition) is 4. The summed E-state index contributed by atoms with van der Waals surface area (Å²) in [6, 6.07) is 16.1. The zero-order valence-corrected chi connectivity index (χ0v) is 19.3. The van der Waals surface area contributed by atoms with Crippen molar-refractivity contribution in [3.8, 4) is 0 Å². The van der Waals surface area contributed by atoms with Crippen LogP contribution in [0, 0.1) is 0 Å². The van der Waals surface area contributed by atoms with Gasteiger partial charge in [0.05, 0.1) is 17.6 Å². The van der Waals surface area contributed by atoms with Crippen LogP contribution in [0.5, 0.6) is 0 Å². The molecular weight excluding hydrogens is 412 g/mol. The molecule has 4 rings (SSSR count). The number of carbonyl (C=O) groups is 1. The predicted octanol–water partition coefficient (Wildman–Crippen LogP) is 5.18. The molecule has 1 aliphatic rings. The van der Waals surface area contributed by atoms with E-state index in [0.717, 1.165) is 27.6 Å². The summed E-state index contributed by atoms with van der Waals surface area (Å²) in [5.74, 6) is 0.900. The Balaban J connectivity index is 1.62. The fourth-order valence-corrected chi connectivity index (χ4v) is 4.18. The summed E-state index contributed by atoms with van der Waals surface area (Å²) in [6.07, 6.45) is -0.260. The summed E-state index contributed by atoms with van der Waals surface area (Å²) >= 11 is 6.45. The quantitative estimate of drug-likeness (QED) is 0.562. The van der Waals surface area contributed by atoms with E-state index in [0.29, 0.717) is 26.2 Å². The second-order valence-corrected chi connectivity index (χ2v) is 9.45. The second kappa shape index (κ2) is 8.42.